The first kappa shape index (κ1) is 23.0. The second-order valence-corrected chi connectivity index (χ2v) is 5.73. The second kappa shape index (κ2) is 19.7. The van der Waals surface area contributed by atoms with Crippen molar-refractivity contribution in [3.05, 3.63) is 12.2 Å². The topological polar surface area (TPSA) is 37.3 Å². The number of rotatable bonds is 15. The molecule has 0 aromatic carbocycles. The zero-order valence-electron chi connectivity index (χ0n) is 13.9. The molecule has 0 spiro atoms. The number of carboxylic acids is 1. The zero-order valence-corrected chi connectivity index (χ0v) is 16.0. The van der Waals surface area contributed by atoms with Crippen molar-refractivity contribution >= 4 is 23.0 Å². The molecular weight excluding hydrogens is 327 g/mol. The number of allylic oxidation sites excluding steroid dienone is 2. The molecule has 0 fully saturated rings. The number of carbonyl (C=O) groups is 1. The molecule has 2 nitrogen and oxygen atoms in total. The molecule has 0 radical (unpaired) electrons. The molecule has 126 valence electrons. The van der Waals surface area contributed by atoms with Crippen LogP contribution >= 0.6 is 0 Å². The third kappa shape index (κ3) is 22.2. The average molecular weight is 363 g/mol. The molecule has 0 aromatic heterocycles. The Morgan fingerprint density at radius 3 is 1.67 bits per heavy atom. The Balaban J connectivity index is 0. The SMILES string of the molecule is CCCCCCCC/C=C\CCCCCCCC(=O)O.[SeH2]. The van der Waals surface area contributed by atoms with Gasteiger partial charge in [-0.15, -0.1) is 0 Å². The van der Waals surface area contributed by atoms with Gasteiger partial charge in [0, 0.05) is 6.42 Å². The van der Waals surface area contributed by atoms with Crippen LogP contribution in [0.2, 0.25) is 0 Å². The van der Waals surface area contributed by atoms with E-state index in [1.807, 2.05) is 0 Å². The van der Waals surface area contributed by atoms with Gasteiger partial charge in [0.15, 0.2) is 0 Å². The van der Waals surface area contributed by atoms with Gasteiger partial charge in [-0.3, -0.25) is 4.79 Å². The standard InChI is InChI=1S/C18H34O2.H2Se/c1-2-3-4-5-6-7-8-9-10-11-12-13-14-15-16-17-18(19)20;/h9-10H,2-8,11-17H2,1H3,(H,19,20);1H2/b10-9-;. The first-order valence-corrected chi connectivity index (χ1v) is 8.64. The van der Waals surface area contributed by atoms with Crippen molar-refractivity contribution in [3.63, 3.8) is 0 Å². The maximum absolute atomic E-state index is 10.3. The first-order chi connectivity index (χ1) is 9.77. The summed E-state index contributed by atoms with van der Waals surface area (Å²) in [6, 6.07) is 0. The van der Waals surface area contributed by atoms with Crippen molar-refractivity contribution in [3.8, 4) is 0 Å². The Hall–Kier alpha value is -0.271. The van der Waals surface area contributed by atoms with Gasteiger partial charge in [0.05, 0.1) is 0 Å². The molecule has 0 unspecified atom stereocenters. The summed E-state index contributed by atoms with van der Waals surface area (Å²) < 4.78 is 0. The van der Waals surface area contributed by atoms with Gasteiger partial charge in [-0.2, -0.15) is 0 Å². The van der Waals surface area contributed by atoms with Crippen LogP contribution in [0.1, 0.15) is 96.8 Å². The van der Waals surface area contributed by atoms with Gasteiger partial charge in [-0.25, -0.2) is 0 Å². The Morgan fingerprint density at radius 1 is 0.762 bits per heavy atom. The minimum atomic E-state index is -0.664. The summed E-state index contributed by atoms with van der Waals surface area (Å²) in [5, 5.41) is 8.51. The molecule has 0 saturated heterocycles. The van der Waals surface area contributed by atoms with Crippen molar-refractivity contribution in [1.29, 1.82) is 0 Å². The fourth-order valence-electron chi connectivity index (χ4n) is 2.35. The van der Waals surface area contributed by atoms with E-state index in [-0.39, 0.29) is 17.1 Å². The molecule has 0 rings (SSSR count). The Bertz CT molecular complexity index is 239. The van der Waals surface area contributed by atoms with Crippen LogP contribution in [0.5, 0.6) is 0 Å². The monoisotopic (exact) mass is 364 g/mol. The molecule has 0 heterocycles. The molecule has 0 aliphatic rings. The maximum atomic E-state index is 10.3. The van der Waals surface area contributed by atoms with Gasteiger partial charge in [0.1, 0.15) is 0 Å². The Morgan fingerprint density at radius 2 is 1.19 bits per heavy atom. The van der Waals surface area contributed by atoms with Gasteiger partial charge in [0.25, 0.3) is 0 Å². The Kier molecular flexibility index (Phi) is 21.6. The molecule has 21 heavy (non-hydrogen) atoms. The van der Waals surface area contributed by atoms with Crippen LogP contribution in [0.3, 0.4) is 0 Å². The number of aliphatic carboxylic acids is 1. The fraction of sp³-hybridized carbons (Fsp3) is 0.833. The normalized spacial score (nSPS) is 10.7. The molecule has 0 saturated carbocycles. The van der Waals surface area contributed by atoms with Crippen molar-refractivity contribution < 1.29 is 9.90 Å². The van der Waals surface area contributed by atoms with E-state index in [9.17, 15) is 4.79 Å². The van der Waals surface area contributed by atoms with Crippen molar-refractivity contribution in [1.82, 2.24) is 0 Å². The molecule has 0 aromatic rings. The van der Waals surface area contributed by atoms with Crippen LogP contribution in [-0.2, 0) is 4.79 Å². The number of carboxylic acid groups (broad SMARTS) is 1. The molecule has 0 aliphatic carbocycles. The van der Waals surface area contributed by atoms with Gasteiger partial charge in [-0.1, -0.05) is 70.4 Å². The summed E-state index contributed by atoms with van der Waals surface area (Å²) in [6.45, 7) is 2.26. The van der Waals surface area contributed by atoms with Crippen LogP contribution in [0.15, 0.2) is 12.2 Å². The van der Waals surface area contributed by atoms with E-state index in [0.717, 1.165) is 12.8 Å². The molecule has 1 N–H and O–H groups in total. The second-order valence-electron chi connectivity index (χ2n) is 5.73. The van der Waals surface area contributed by atoms with Crippen LogP contribution in [0, 0.1) is 0 Å². The van der Waals surface area contributed by atoms with Crippen molar-refractivity contribution in [2.75, 3.05) is 0 Å². The van der Waals surface area contributed by atoms with Crippen LogP contribution in [0.4, 0.5) is 0 Å². The number of unbranched alkanes of at least 4 members (excludes halogenated alkanes) is 11. The van der Waals surface area contributed by atoms with E-state index >= 15 is 0 Å². The third-order valence-corrected chi connectivity index (χ3v) is 3.65. The summed E-state index contributed by atoms with van der Waals surface area (Å²) in [5.74, 6) is -0.664. The predicted octanol–water partition coefficient (Wildman–Crippen LogP) is 5.19. The van der Waals surface area contributed by atoms with Gasteiger partial charge in [-0.05, 0) is 32.1 Å². The summed E-state index contributed by atoms with van der Waals surface area (Å²) in [5.41, 5.74) is 0. The van der Waals surface area contributed by atoms with Crippen LogP contribution < -0.4 is 0 Å². The van der Waals surface area contributed by atoms with E-state index in [1.165, 1.54) is 70.6 Å². The van der Waals surface area contributed by atoms with E-state index in [4.69, 9.17) is 5.11 Å². The minimum absolute atomic E-state index is 0. The molecule has 3 heteroatoms. The summed E-state index contributed by atoms with van der Waals surface area (Å²) in [7, 11) is 0. The van der Waals surface area contributed by atoms with E-state index < -0.39 is 5.97 Å². The summed E-state index contributed by atoms with van der Waals surface area (Å²) >= 11 is 0. The van der Waals surface area contributed by atoms with Crippen LogP contribution in [0.25, 0.3) is 0 Å². The summed E-state index contributed by atoms with van der Waals surface area (Å²) in [4.78, 5) is 10.3. The fourth-order valence-corrected chi connectivity index (χ4v) is 2.35. The molecule has 0 aliphatic heterocycles. The first-order valence-electron chi connectivity index (χ1n) is 8.64. The predicted molar refractivity (Wildman–Crippen MR) is 95.6 cm³/mol. The zero-order chi connectivity index (χ0) is 14.9. The van der Waals surface area contributed by atoms with E-state index in [1.54, 1.807) is 0 Å². The number of hydrogen-bond donors (Lipinski definition) is 1. The van der Waals surface area contributed by atoms with Gasteiger partial charge in [0.2, 0.25) is 0 Å². The van der Waals surface area contributed by atoms with E-state index in [2.05, 4.69) is 19.1 Å². The Labute approximate surface area is 142 Å². The average Bonchev–Trinajstić information content (AvgIpc) is 2.43. The van der Waals surface area contributed by atoms with Gasteiger partial charge < -0.3 is 5.11 Å². The third-order valence-electron chi connectivity index (χ3n) is 3.65. The van der Waals surface area contributed by atoms with Crippen molar-refractivity contribution in [2.45, 2.75) is 96.8 Å². The molecular formula is C18H36O2Se. The van der Waals surface area contributed by atoms with E-state index in [0.29, 0.717) is 6.42 Å². The van der Waals surface area contributed by atoms with Crippen molar-refractivity contribution in [2.24, 2.45) is 0 Å². The molecule has 0 atom stereocenters. The summed E-state index contributed by atoms with van der Waals surface area (Å²) in [6.07, 6.45) is 21.2. The number of hydrogen-bond acceptors (Lipinski definition) is 1. The molecule has 0 bridgehead atoms. The molecule has 0 amide bonds. The quantitative estimate of drug-likeness (QED) is 0.247. The van der Waals surface area contributed by atoms with Crippen LogP contribution in [-0.4, -0.2) is 28.1 Å². The van der Waals surface area contributed by atoms with Gasteiger partial charge >= 0.3 is 23.0 Å².